The molecule has 3 heterocycles. The van der Waals surface area contributed by atoms with E-state index in [-0.39, 0.29) is 5.57 Å². The number of methoxy groups -OCH3 is 1. The van der Waals surface area contributed by atoms with Crippen molar-refractivity contribution in [3.63, 3.8) is 0 Å². The molecule has 1 saturated carbocycles. The molecule has 9 unspecified atom stereocenters. The second-order valence-electron chi connectivity index (χ2n) is 7.83. The monoisotopic (exact) mass is 420 g/mol. The van der Waals surface area contributed by atoms with Gasteiger partial charge in [-0.1, -0.05) is 0 Å². The van der Waals surface area contributed by atoms with Gasteiger partial charge in [0.15, 0.2) is 6.29 Å². The lowest BCUT2D eigenvalue weighted by atomic mass is 9.77. The van der Waals surface area contributed by atoms with Gasteiger partial charge in [-0.3, -0.25) is 0 Å². The number of hydrogen-bond donors (Lipinski definition) is 6. The van der Waals surface area contributed by atoms with Gasteiger partial charge in [-0.2, -0.15) is 0 Å². The van der Waals surface area contributed by atoms with E-state index in [2.05, 4.69) is 4.74 Å². The van der Waals surface area contributed by atoms with Crippen LogP contribution in [0.2, 0.25) is 0 Å². The SMILES string of the molecule is COC(=O)C1=COC(OC2OC(CO)C(O)C(O)C2O)C2[C@@]3(C)OC3C(O)[C@]12O. The highest BCUT2D eigenvalue weighted by Gasteiger charge is 2.81. The fourth-order valence-electron chi connectivity index (χ4n) is 4.58. The number of esters is 1. The Morgan fingerprint density at radius 1 is 1.17 bits per heavy atom. The molecule has 3 fully saturated rings. The maximum Gasteiger partial charge on any atom is 0.339 e. The fourth-order valence-corrected chi connectivity index (χ4v) is 4.58. The quantitative estimate of drug-likeness (QED) is 0.192. The Morgan fingerprint density at radius 2 is 1.86 bits per heavy atom. The van der Waals surface area contributed by atoms with Crippen LogP contribution in [0, 0.1) is 5.92 Å². The molecule has 12 heteroatoms. The number of carbonyl (C=O) groups is 1. The van der Waals surface area contributed by atoms with E-state index >= 15 is 0 Å². The van der Waals surface area contributed by atoms with Gasteiger partial charge >= 0.3 is 5.97 Å². The summed E-state index contributed by atoms with van der Waals surface area (Å²) >= 11 is 0. The van der Waals surface area contributed by atoms with Gasteiger partial charge in [0.2, 0.25) is 6.29 Å². The van der Waals surface area contributed by atoms with E-state index in [0.29, 0.717) is 0 Å². The molecule has 1 aliphatic carbocycles. The number of ether oxygens (including phenoxy) is 5. The molecule has 0 aromatic heterocycles. The zero-order valence-electron chi connectivity index (χ0n) is 15.6. The Hall–Kier alpha value is -1.35. The number of aliphatic hydroxyl groups is 6. The van der Waals surface area contributed by atoms with E-state index in [1.807, 2.05) is 0 Å². The first-order chi connectivity index (χ1) is 13.6. The molecule has 0 bridgehead atoms. The van der Waals surface area contributed by atoms with Crippen molar-refractivity contribution in [1.29, 1.82) is 0 Å². The molecule has 0 aromatic carbocycles. The van der Waals surface area contributed by atoms with Crippen LogP contribution in [-0.4, -0.2) is 111 Å². The zero-order valence-corrected chi connectivity index (χ0v) is 15.6. The van der Waals surface area contributed by atoms with Crippen molar-refractivity contribution in [3.05, 3.63) is 11.8 Å². The summed E-state index contributed by atoms with van der Waals surface area (Å²) in [5.74, 6) is -2.03. The molecule has 0 radical (unpaired) electrons. The maximum atomic E-state index is 12.1. The van der Waals surface area contributed by atoms with E-state index in [4.69, 9.17) is 18.9 Å². The first-order valence-electron chi connectivity index (χ1n) is 9.09. The van der Waals surface area contributed by atoms with Crippen molar-refractivity contribution >= 4 is 5.97 Å². The van der Waals surface area contributed by atoms with E-state index in [1.54, 1.807) is 6.92 Å². The van der Waals surface area contributed by atoms with Crippen LogP contribution in [0.5, 0.6) is 0 Å². The predicted octanol–water partition coefficient (Wildman–Crippen LogP) is -3.90. The van der Waals surface area contributed by atoms with Crippen molar-refractivity contribution in [2.45, 2.75) is 67.3 Å². The van der Waals surface area contributed by atoms with Crippen molar-refractivity contribution < 1.29 is 59.1 Å². The predicted molar refractivity (Wildman–Crippen MR) is 87.5 cm³/mol. The van der Waals surface area contributed by atoms with Crippen molar-refractivity contribution in [3.8, 4) is 0 Å². The number of carbonyl (C=O) groups excluding carboxylic acids is 1. The summed E-state index contributed by atoms with van der Waals surface area (Å²) in [6, 6.07) is 0. The summed E-state index contributed by atoms with van der Waals surface area (Å²) in [5, 5.41) is 61.2. The highest BCUT2D eigenvalue weighted by Crippen LogP contribution is 2.63. The third kappa shape index (κ3) is 2.76. The molecule has 12 nitrogen and oxygen atoms in total. The molecule has 0 spiro atoms. The lowest BCUT2D eigenvalue weighted by molar-refractivity contribution is -0.350. The third-order valence-electron chi connectivity index (χ3n) is 6.26. The fraction of sp³-hybridized carbons (Fsp3) is 0.824. The normalized spacial score (nSPS) is 53.4. The van der Waals surface area contributed by atoms with Crippen molar-refractivity contribution in [1.82, 2.24) is 0 Å². The minimum Gasteiger partial charge on any atom is -0.471 e. The van der Waals surface area contributed by atoms with Crippen LogP contribution in [0.15, 0.2) is 11.8 Å². The van der Waals surface area contributed by atoms with E-state index in [1.165, 1.54) is 0 Å². The average molecular weight is 420 g/mol. The smallest absolute Gasteiger partial charge is 0.339 e. The summed E-state index contributed by atoms with van der Waals surface area (Å²) in [4.78, 5) is 12.1. The Bertz CT molecular complexity index is 711. The first-order valence-corrected chi connectivity index (χ1v) is 9.09. The Balaban J connectivity index is 1.64. The van der Waals surface area contributed by atoms with Crippen LogP contribution < -0.4 is 0 Å². The summed E-state index contributed by atoms with van der Waals surface area (Å²) < 4.78 is 26.5. The Kier molecular flexibility index (Phi) is 4.93. The van der Waals surface area contributed by atoms with Gasteiger partial charge in [-0.05, 0) is 6.92 Å². The number of fused-ring (bicyclic) bond motifs is 3. The zero-order chi connectivity index (χ0) is 21.3. The summed E-state index contributed by atoms with van der Waals surface area (Å²) in [7, 11) is 1.11. The van der Waals surface area contributed by atoms with Gasteiger partial charge in [0.25, 0.3) is 0 Å². The minimum atomic E-state index is -2.12. The average Bonchev–Trinajstić information content (AvgIpc) is 3.34. The number of hydrogen-bond acceptors (Lipinski definition) is 12. The van der Waals surface area contributed by atoms with Gasteiger partial charge in [0, 0.05) is 0 Å². The lowest BCUT2D eigenvalue weighted by Crippen LogP contribution is -2.63. The summed E-state index contributed by atoms with van der Waals surface area (Å²) in [5.41, 5.74) is -3.55. The highest BCUT2D eigenvalue weighted by atomic mass is 16.8. The molecule has 4 aliphatic rings. The van der Waals surface area contributed by atoms with Crippen LogP contribution in [0.3, 0.4) is 0 Å². The summed E-state index contributed by atoms with van der Waals surface area (Å²) in [6.45, 7) is 0.939. The Morgan fingerprint density at radius 3 is 2.48 bits per heavy atom. The van der Waals surface area contributed by atoms with Crippen LogP contribution >= 0.6 is 0 Å². The largest absolute Gasteiger partial charge is 0.471 e. The van der Waals surface area contributed by atoms with E-state index < -0.39 is 78.9 Å². The number of aliphatic hydroxyl groups excluding tert-OH is 5. The topological polar surface area (TPSA) is 188 Å². The second kappa shape index (κ2) is 6.83. The van der Waals surface area contributed by atoms with Crippen LogP contribution in [0.1, 0.15) is 6.92 Å². The van der Waals surface area contributed by atoms with Gasteiger partial charge in [-0.15, -0.1) is 0 Å². The maximum absolute atomic E-state index is 12.1. The standard InChI is InChI=1S/C17H24O12/c1-16-10-15(28-14-9(21)8(20)7(19)6(3-18)27-14)26-4-5(13(23)25-2)17(10,24)11(22)12(16)29-16/h4,6-12,14-15,18-22,24H,3H2,1-2H3/t6?,7?,8?,9?,10?,11?,12?,14?,15?,16-,17+/m1/s1. The van der Waals surface area contributed by atoms with Crippen LogP contribution in [-0.2, 0) is 28.5 Å². The molecule has 164 valence electrons. The molecule has 2 saturated heterocycles. The molecule has 0 amide bonds. The molecule has 0 aromatic rings. The highest BCUT2D eigenvalue weighted by molar-refractivity contribution is 5.91. The van der Waals surface area contributed by atoms with Crippen LogP contribution in [0.25, 0.3) is 0 Å². The summed E-state index contributed by atoms with van der Waals surface area (Å²) in [6.07, 6.45) is -10.5. The molecule has 3 aliphatic heterocycles. The number of rotatable bonds is 4. The van der Waals surface area contributed by atoms with Gasteiger partial charge in [0.05, 0.1) is 19.6 Å². The lowest BCUT2D eigenvalue weighted by Gasteiger charge is -2.46. The van der Waals surface area contributed by atoms with Gasteiger partial charge < -0.3 is 54.3 Å². The van der Waals surface area contributed by atoms with Gasteiger partial charge in [0.1, 0.15) is 59.7 Å². The van der Waals surface area contributed by atoms with Crippen molar-refractivity contribution in [2.75, 3.05) is 13.7 Å². The Labute approximate surface area is 164 Å². The minimum absolute atomic E-state index is 0.317. The van der Waals surface area contributed by atoms with Gasteiger partial charge in [-0.25, -0.2) is 4.79 Å². The molecular formula is C17H24O12. The molecule has 4 rings (SSSR count). The number of epoxide rings is 1. The molecule has 29 heavy (non-hydrogen) atoms. The molecular weight excluding hydrogens is 396 g/mol. The van der Waals surface area contributed by atoms with Crippen LogP contribution in [0.4, 0.5) is 0 Å². The first kappa shape index (κ1) is 20.9. The molecule has 6 N–H and O–H groups in total. The second-order valence-corrected chi connectivity index (χ2v) is 7.83. The molecule has 11 atom stereocenters. The van der Waals surface area contributed by atoms with Crippen molar-refractivity contribution in [2.24, 2.45) is 5.92 Å². The van der Waals surface area contributed by atoms with E-state index in [0.717, 1.165) is 13.4 Å². The van der Waals surface area contributed by atoms with E-state index in [9.17, 15) is 35.4 Å². The third-order valence-corrected chi connectivity index (χ3v) is 6.26.